The zero-order valence-corrected chi connectivity index (χ0v) is 15.5. The predicted octanol–water partition coefficient (Wildman–Crippen LogP) is 2.87. The lowest BCUT2D eigenvalue weighted by molar-refractivity contribution is -0.120. The number of carbonyl (C=O) groups excluding carboxylic acids is 2. The molecule has 2 aliphatic carbocycles. The Hall–Kier alpha value is -3.21. The Morgan fingerprint density at radius 3 is 2.86 bits per heavy atom. The Balaban J connectivity index is 1.50. The number of likely N-dealkylation sites (N-methyl/N-ethyl adjacent to an activating group) is 1. The van der Waals surface area contributed by atoms with Gasteiger partial charge in [0.25, 0.3) is 0 Å². The molecule has 4 aliphatic rings. The van der Waals surface area contributed by atoms with E-state index in [-0.39, 0.29) is 29.2 Å². The molecule has 1 aromatic carbocycles. The summed E-state index contributed by atoms with van der Waals surface area (Å²) in [5, 5.41) is 4.05. The van der Waals surface area contributed by atoms with E-state index in [1.54, 1.807) is 11.0 Å². The largest absolute Gasteiger partial charge is 0.345 e. The van der Waals surface area contributed by atoms with Gasteiger partial charge < -0.3 is 10.2 Å². The summed E-state index contributed by atoms with van der Waals surface area (Å²) < 4.78 is 0. The summed E-state index contributed by atoms with van der Waals surface area (Å²) in [6.45, 7) is 0. The van der Waals surface area contributed by atoms with Crippen molar-refractivity contribution < 1.29 is 9.59 Å². The fourth-order valence-corrected chi connectivity index (χ4v) is 4.87. The van der Waals surface area contributed by atoms with Gasteiger partial charge in [0, 0.05) is 23.9 Å². The van der Waals surface area contributed by atoms with E-state index in [1.165, 1.54) is 0 Å². The van der Waals surface area contributed by atoms with Gasteiger partial charge in [-0.25, -0.2) is 0 Å². The monoisotopic (exact) mass is 369 g/mol. The minimum absolute atomic E-state index is 0.0219. The van der Waals surface area contributed by atoms with Gasteiger partial charge in [-0.05, 0) is 42.2 Å². The molecular weight excluding hydrogens is 350 g/mol. The third-order valence-electron chi connectivity index (χ3n) is 6.53. The average molecular weight is 369 g/mol. The Kier molecular flexibility index (Phi) is 2.93. The molecule has 2 aromatic rings. The van der Waals surface area contributed by atoms with Gasteiger partial charge in [0.15, 0.2) is 0 Å². The molecule has 1 aromatic heterocycles. The van der Waals surface area contributed by atoms with Crippen molar-refractivity contribution in [1.29, 1.82) is 0 Å². The molecule has 28 heavy (non-hydrogen) atoms. The summed E-state index contributed by atoms with van der Waals surface area (Å²) in [6.07, 6.45) is 13.6. The number of hydrogen-bond donors (Lipinski definition) is 1. The van der Waals surface area contributed by atoms with E-state index in [4.69, 9.17) is 0 Å². The van der Waals surface area contributed by atoms with Crippen LogP contribution in [0.2, 0.25) is 0 Å². The van der Waals surface area contributed by atoms with E-state index < -0.39 is 0 Å². The first-order valence-corrected chi connectivity index (χ1v) is 9.67. The first-order valence-electron chi connectivity index (χ1n) is 9.67. The lowest BCUT2D eigenvalue weighted by Gasteiger charge is -2.27. The number of hydrogen-bond acceptors (Lipinski definition) is 3. The van der Waals surface area contributed by atoms with Gasteiger partial charge in [0.05, 0.1) is 28.9 Å². The highest BCUT2D eigenvalue weighted by atomic mass is 16.2. The zero-order valence-electron chi connectivity index (χ0n) is 15.5. The number of fused-ring (bicyclic) bond motifs is 5. The van der Waals surface area contributed by atoms with Gasteiger partial charge in [-0.15, -0.1) is 0 Å². The van der Waals surface area contributed by atoms with Gasteiger partial charge in [-0.2, -0.15) is 0 Å². The van der Waals surface area contributed by atoms with Crippen LogP contribution in [0.4, 0.5) is 5.69 Å². The predicted molar refractivity (Wildman–Crippen MR) is 108 cm³/mol. The molecule has 1 saturated carbocycles. The molecule has 2 atom stereocenters. The Bertz CT molecular complexity index is 1170. The first kappa shape index (κ1) is 15.8. The van der Waals surface area contributed by atoms with E-state index in [0.717, 1.165) is 46.1 Å². The Morgan fingerprint density at radius 2 is 2.04 bits per heavy atom. The molecule has 1 spiro atoms. The average Bonchev–Trinajstić information content (AvgIpc) is 3.49. The number of amides is 2. The molecule has 5 nitrogen and oxygen atoms in total. The molecule has 138 valence electrons. The van der Waals surface area contributed by atoms with Crippen molar-refractivity contribution >= 4 is 34.0 Å². The van der Waals surface area contributed by atoms with Crippen LogP contribution in [0.3, 0.4) is 0 Å². The molecule has 6 rings (SSSR count). The highest BCUT2D eigenvalue weighted by Gasteiger charge is 2.59. The summed E-state index contributed by atoms with van der Waals surface area (Å²) in [4.78, 5) is 30.7. The van der Waals surface area contributed by atoms with Crippen LogP contribution in [0.1, 0.15) is 24.0 Å². The second-order valence-corrected chi connectivity index (χ2v) is 8.15. The lowest BCUT2D eigenvalue weighted by atomic mass is 9.86. The van der Waals surface area contributed by atoms with Crippen LogP contribution in [0.25, 0.3) is 16.5 Å². The molecular formula is C23H19N3O2. The van der Waals surface area contributed by atoms with E-state index >= 15 is 0 Å². The zero-order chi connectivity index (χ0) is 19.0. The van der Waals surface area contributed by atoms with Crippen LogP contribution in [-0.2, 0) is 15.0 Å². The number of aromatic nitrogens is 1. The molecule has 1 fully saturated rings. The molecule has 2 amide bonds. The highest BCUT2D eigenvalue weighted by Crippen LogP contribution is 2.58. The summed E-state index contributed by atoms with van der Waals surface area (Å²) in [6, 6.07) is 6.33. The van der Waals surface area contributed by atoms with Crippen molar-refractivity contribution in [2.45, 2.75) is 24.3 Å². The smallest absolute Gasteiger partial charge is 0.244 e. The molecule has 0 saturated heterocycles. The molecule has 1 N–H and O–H groups in total. The fraction of sp³-hybridized carbons (Fsp3) is 0.261. The van der Waals surface area contributed by atoms with E-state index in [0.29, 0.717) is 0 Å². The number of rotatable bonds is 1. The van der Waals surface area contributed by atoms with Crippen molar-refractivity contribution in [2.75, 3.05) is 11.9 Å². The topological polar surface area (TPSA) is 62.3 Å². The van der Waals surface area contributed by atoms with Gasteiger partial charge in [0.1, 0.15) is 0 Å². The van der Waals surface area contributed by atoms with Crippen LogP contribution in [0, 0.1) is 5.92 Å². The maximum atomic E-state index is 12.8. The third-order valence-corrected chi connectivity index (χ3v) is 6.53. The first-order chi connectivity index (χ1) is 13.6. The van der Waals surface area contributed by atoms with Crippen molar-refractivity contribution in [2.24, 2.45) is 5.92 Å². The highest BCUT2D eigenvalue weighted by molar-refractivity contribution is 6.14. The number of carbonyl (C=O) groups is 2. The number of nitrogens with zero attached hydrogens (tertiary/aromatic N) is 2. The summed E-state index contributed by atoms with van der Waals surface area (Å²) >= 11 is 0. The van der Waals surface area contributed by atoms with Gasteiger partial charge >= 0.3 is 0 Å². The van der Waals surface area contributed by atoms with Crippen LogP contribution >= 0.6 is 0 Å². The molecule has 5 heteroatoms. The lowest BCUT2D eigenvalue weighted by Crippen LogP contribution is -2.40. The molecule has 0 radical (unpaired) electrons. The maximum Gasteiger partial charge on any atom is 0.244 e. The fourth-order valence-electron chi connectivity index (χ4n) is 4.87. The van der Waals surface area contributed by atoms with E-state index in [2.05, 4.69) is 40.7 Å². The second-order valence-electron chi connectivity index (χ2n) is 8.15. The summed E-state index contributed by atoms with van der Waals surface area (Å²) in [5.74, 6) is 0.319. The number of benzene rings is 1. The number of nitrogens with one attached hydrogen (secondary N) is 1. The van der Waals surface area contributed by atoms with E-state index in [1.807, 2.05) is 25.4 Å². The molecule has 2 unspecified atom stereocenters. The SMILES string of the molecule is CN1C(=O)C2(CC2)c2c1cnc1ccc(C3=CC4C=CC(=O)NC4C=C3)cc21. The van der Waals surface area contributed by atoms with Crippen molar-refractivity contribution in [3.05, 3.63) is 65.9 Å². The van der Waals surface area contributed by atoms with Crippen LogP contribution < -0.4 is 10.2 Å². The minimum Gasteiger partial charge on any atom is -0.345 e. The number of anilines is 1. The second kappa shape index (κ2) is 5.19. The number of allylic oxidation sites excluding steroid dienone is 2. The van der Waals surface area contributed by atoms with Gasteiger partial charge in [-0.3, -0.25) is 14.6 Å². The van der Waals surface area contributed by atoms with Gasteiger partial charge in [0.2, 0.25) is 11.8 Å². The summed E-state index contributed by atoms with van der Waals surface area (Å²) in [5.41, 5.74) is 4.93. The van der Waals surface area contributed by atoms with Crippen molar-refractivity contribution in [3.8, 4) is 0 Å². The Labute approximate surface area is 162 Å². The molecule has 3 heterocycles. The van der Waals surface area contributed by atoms with E-state index in [9.17, 15) is 9.59 Å². The van der Waals surface area contributed by atoms with Crippen molar-refractivity contribution in [3.63, 3.8) is 0 Å². The maximum absolute atomic E-state index is 12.8. The normalized spacial score (nSPS) is 26.3. The number of pyridine rings is 1. The van der Waals surface area contributed by atoms with Crippen LogP contribution in [-0.4, -0.2) is 29.9 Å². The van der Waals surface area contributed by atoms with Gasteiger partial charge in [-0.1, -0.05) is 30.4 Å². The van der Waals surface area contributed by atoms with Crippen LogP contribution in [0.15, 0.2) is 54.8 Å². The van der Waals surface area contributed by atoms with Crippen molar-refractivity contribution in [1.82, 2.24) is 10.3 Å². The quantitative estimate of drug-likeness (QED) is 0.841. The van der Waals surface area contributed by atoms with Crippen LogP contribution in [0.5, 0.6) is 0 Å². The third kappa shape index (κ3) is 1.99. The molecule has 2 aliphatic heterocycles. The minimum atomic E-state index is -0.331. The Morgan fingerprint density at radius 1 is 1.18 bits per heavy atom. The molecule has 0 bridgehead atoms. The summed E-state index contributed by atoms with van der Waals surface area (Å²) in [7, 11) is 1.85. The standard InChI is InChI=1S/C23H19N3O2/c1-26-19-12-24-18-6-3-14(11-16(18)21(19)23(8-9-23)22(26)28)13-2-5-17-15(10-13)4-7-20(27)25-17/h2-7,10-12,15,17H,8-9H2,1H3,(H,25,27).